The molecule has 3 aromatic rings. The third kappa shape index (κ3) is 5.17. The van der Waals surface area contributed by atoms with E-state index in [0.29, 0.717) is 12.8 Å². The van der Waals surface area contributed by atoms with E-state index in [1.165, 1.54) is 23.3 Å². The number of rotatable bonds is 9. The van der Waals surface area contributed by atoms with Crippen molar-refractivity contribution < 1.29 is 13.0 Å². The van der Waals surface area contributed by atoms with Gasteiger partial charge >= 0.3 is 0 Å². The Kier molecular flexibility index (Phi) is 7.20. The molecule has 2 atom stereocenters. The normalized spacial score (nSPS) is 15.0. The van der Waals surface area contributed by atoms with Gasteiger partial charge in [0.25, 0.3) is 10.1 Å². The molecular formula is C26H33NO3S. The van der Waals surface area contributed by atoms with Gasteiger partial charge in [-0.2, -0.15) is 8.42 Å². The van der Waals surface area contributed by atoms with Crippen LogP contribution in [0.25, 0.3) is 10.8 Å². The quantitative estimate of drug-likeness (QED) is 0.428. The van der Waals surface area contributed by atoms with E-state index in [2.05, 4.69) is 37.3 Å². The summed E-state index contributed by atoms with van der Waals surface area (Å²) in [5.74, 6) is 0. The summed E-state index contributed by atoms with van der Waals surface area (Å²) in [5.41, 5.74) is 9.76. The number of unbranched alkanes of at least 4 members (excludes halogenated alkanes) is 1. The molecule has 0 saturated heterocycles. The summed E-state index contributed by atoms with van der Waals surface area (Å²) in [4.78, 5) is 0. The van der Waals surface area contributed by atoms with Gasteiger partial charge in [-0.25, -0.2) is 0 Å². The van der Waals surface area contributed by atoms with E-state index < -0.39 is 20.9 Å². The van der Waals surface area contributed by atoms with Crippen LogP contribution in [0.2, 0.25) is 0 Å². The molecule has 3 aromatic carbocycles. The van der Waals surface area contributed by atoms with Crippen molar-refractivity contribution >= 4 is 20.9 Å². The molecule has 0 saturated carbocycles. The Morgan fingerprint density at radius 2 is 1.58 bits per heavy atom. The molecule has 3 rings (SSSR count). The lowest BCUT2D eigenvalue weighted by atomic mass is 9.81. The molecule has 0 bridgehead atoms. The van der Waals surface area contributed by atoms with Crippen molar-refractivity contribution in [1.82, 2.24) is 0 Å². The van der Waals surface area contributed by atoms with Crippen molar-refractivity contribution in [2.24, 2.45) is 5.73 Å². The molecule has 3 N–H and O–H groups in total. The van der Waals surface area contributed by atoms with Gasteiger partial charge in [0, 0.05) is 0 Å². The number of hydrogen-bond acceptors (Lipinski definition) is 3. The van der Waals surface area contributed by atoms with E-state index in [0.717, 1.165) is 36.0 Å². The first-order valence-electron chi connectivity index (χ1n) is 11.0. The van der Waals surface area contributed by atoms with Gasteiger partial charge in [0.1, 0.15) is 5.25 Å². The molecule has 0 radical (unpaired) electrons. The first-order valence-corrected chi connectivity index (χ1v) is 12.5. The van der Waals surface area contributed by atoms with Crippen LogP contribution in [0.15, 0.2) is 60.7 Å². The molecule has 0 aliphatic heterocycles. The van der Waals surface area contributed by atoms with Crippen molar-refractivity contribution in [3.8, 4) is 0 Å². The highest BCUT2D eigenvalue weighted by Gasteiger charge is 2.41. The maximum Gasteiger partial charge on any atom is 0.269 e. The van der Waals surface area contributed by atoms with Gasteiger partial charge in [-0.15, -0.1) is 0 Å². The van der Waals surface area contributed by atoms with E-state index in [4.69, 9.17) is 5.73 Å². The highest BCUT2D eigenvalue weighted by Crippen LogP contribution is 2.34. The van der Waals surface area contributed by atoms with Crippen LogP contribution in [0.5, 0.6) is 0 Å². The summed E-state index contributed by atoms with van der Waals surface area (Å²) < 4.78 is 34.0. The molecule has 5 heteroatoms. The van der Waals surface area contributed by atoms with Crippen LogP contribution in [0.4, 0.5) is 0 Å². The third-order valence-electron chi connectivity index (χ3n) is 6.44. The fourth-order valence-corrected chi connectivity index (χ4v) is 5.14. The molecule has 0 fully saturated rings. The average Bonchev–Trinajstić information content (AvgIpc) is 2.75. The van der Waals surface area contributed by atoms with Crippen molar-refractivity contribution in [3.05, 3.63) is 82.9 Å². The van der Waals surface area contributed by atoms with Crippen molar-refractivity contribution in [2.45, 2.75) is 63.7 Å². The van der Waals surface area contributed by atoms with Crippen molar-refractivity contribution in [2.75, 3.05) is 0 Å². The van der Waals surface area contributed by atoms with Crippen LogP contribution in [-0.2, 0) is 28.5 Å². The summed E-state index contributed by atoms with van der Waals surface area (Å²) >= 11 is 0. The van der Waals surface area contributed by atoms with E-state index in [-0.39, 0.29) is 0 Å². The van der Waals surface area contributed by atoms with Crippen LogP contribution in [0, 0.1) is 6.92 Å². The number of aryl methyl sites for hydroxylation is 3. The number of fused-ring (bicyclic) bond motifs is 1. The predicted molar refractivity (Wildman–Crippen MR) is 129 cm³/mol. The van der Waals surface area contributed by atoms with Gasteiger partial charge in [0.2, 0.25) is 0 Å². The summed E-state index contributed by atoms with van der Waals surface area (Å²) in [6, 6.07) is 20.3. The summed E-state index contributed by atoms with van der Waals surface area (Å²) in [5, 5.41) is 1.30. The van der Waals surface area contributed by atoms with Gasteiger partial charge in [-0.3, -0.25) is 4.55 Å². The van der Waals surface area contributed by atoms with Gasteiger partial charge in [-0.1, -0.05) is 79.6 Å². The lowest BCUT2D eigenvalue weighted by Crippen LogP contribution is -2.50. The largest absolute Gasteiger partial charge is 0.320 e. The Hall–Kier alpha value is -2.21. The van der Waals surface area contributed by atoms with Crippen LogP contribution in [0.3, 0.4) is 0 Å². The highest BCUT2D eigenvalue weighted by atomic mass is 32.2. The van der Waals surface area contributed by atoms with Gasteiger partial charge in [0.05, 0.1) is 5.54 Å². The monoisotopic (exact) mass is 439 g/mol. The van der Waals surface area contributed by atoms with E-state index in [9.17, 15) is 13.0 Å². The number of hydrogen-bond donors (Lipinski definition) is 2. The van der Waals surface area contributed by atoms with E-state index >= 15 is 0 Å². The second kappa shape index (κ2) is 9.51. The van der Waals surface area contributed by atoms with Crippen LogP contribution >= 0.6 is 0 Å². The van der Waals surface area contributed by atoms with Crippen molar-refractivity contribution in [1.29, 1.82) is 0 Å². The molecule has 0 aliphatic carbocycles. The zero-order chi connectivity index (χ0) is 22.6. The standard InChI is InChI=1S/C26H33NO3S/c1-4-5-10-21-14-15-22(25-13-7-6-12-24(21)25)16-17-26(27,20(3)31(28,29)30)23-11-8-9-19(2)18-23/h6-9,11-15,18,20H,4-5,10,16-17,27H2,1-3H3,(H,28,29,30). The molecule has 0 aromatic heterocycles. The van der Waals surface area contributed by atoms with Crippen molar-refractivity contribution in [3.63, 3.8) is 0 Å². The lowest BCUT2D eigenvalue weighted by Gasteiger charge is -2.35. The fourth-order valence-electron chi connectivity index (χ4n) is 4.35. The lowest BCUT2D eigenvalue weighted by molar-refractivity contribution is 0.365. The first-order chi connectivity index (χ1) is 14.7. The molecule has 166 valence electrons. The van der Waals surface area contributed by atoms with Gasteiger partial charge < -0.3 is 5.73 Å². The molecule has 0 aliphatic rings. The SMILES string of the molecule is CCCCc1ccc(CCC(N)(c2cccc(C)c2)C(C)S(=O)(=O)O)c2ccccc12. The zero-order valence-corrected chi connectivity index (χ0v) is 19.5. The Bertz CT molecular complexity index is 1160. The first kappa shape index (κ1) is 23.5. The maximum absolute atomic E-state index is 12.1. The second-order valence-electron chi connectivity index (χ2n) is 8.60. The Morgan fingerprint density at radius 3 is 2.13 bits per heavy atom. The van der Waals surface area contributed by atoms with Crippen LogP contribution in [0.1, 0.15) is 55.4 Å². The van der Waals surface area contributed by atoms with Crippen LogP contribution < -0.4 is 5.73 Å². The maximum atomic E-state index is 12.1. The molecule has 4 nitrogen and oxygen atoms in total. The minimum atomic E-state index is -4.31. The molecular weight excluding hydrogens is 406 g/mol. The average molecular weight is 440 g/mol. The zero-order valence-electron chi connectivity index (χ0n) is 18.6. The molecule has 2 unspecified atom stereocenters. The summed E-state index contributed by atoms with van der Waals surface area (Å²) in [7, 11) is -4.31. The van der Waals surface area contributed by atoms with Gasteiger partial charge in [-0.05, 0) is 67.0 Å². The summed E-state index contributed by atoms with van der Waals surface area (Å²) in [6.07, 6.45) is 4.35. The van der Waals surface area contributed by atoms with E-state index in [1.54, 1.807) is 0 Å². The highest BCUT2D eigenvalue weighted by molar-refractivity contribution is 7.86. The summed E-state index contributed by atoms with van der Waals surface area (Å²) in [6.45, 7) is 5.63. The molecule has 0 spiro atoms. The van der Waals surface area contributed by atoms with Crippen LogP contribution in [-0.4, -0.2) is 18.2 Å². The molecule has 0 amide bonds. The van der Waals surface area contributed by atoms with Gasteiger partial charge in [0.15, 0.2) is 0 Å². The second-order valence-corrected chi connectivity index (χ2v) is 10.3. The molecule has 0 heterocycles. The fraction of sp³-hybridized carbons (Fsp3) is 0.385. The third-order valence-corrected chi connectivity index (χ3v) is 7.75. The Morgan fingerprint density at radius 1 is 0.968 bits per heavy atom. The topological polar surface area (TPSA) is 80.4 Å². The minimum absolute atomic E-state index is 0.399. The Balaban J connectivity index is 2.00. The Labute approximate surface area is 186 Å². The number of benzene rings is 3. The smallest absolute Gasteiger partial charge is 0.269 e. The minimum Gasteiger partial charge on any atom is -0.320 e. The molecule has 31 heavy (non-hydrogen) atoms. The van der Waals surface area contributed by atoms with E-state index in [1.807, 2.05) is 37.3 Å². The predicted octanol–water partition coefficient (Wildman–Crippen LogP) is 5.55. The number of nitrogens with two attached hydrogens (primary N) is 1.